The number of hydrogen-bond donors (Lipinski definition) is 4. The second kappa shape index (κ2) is 8.51. The highest BCUT2D eigenvalue weighted by molar-refractivity contribution is 8.03. The van der Waals surface area contributed by atoms with Crippen molar-refractivity contribution in [3.05, 3.63) is 40.7 Å². The van der Waals surface area contributed by atoms with Crippen LogP contribution in [-0.4, -0.2) is 65.1 Å². The molecule has 2 aliphatic heterocycles. The molecule has 0 spiro atoms. The maximum absolute atomic E-state index is 14.0. The number of nitrogen functional groups attached to an aromatic ring is 1. The molecule has 0 unspecified atom stereocenters. The van der Waals surface area contributed by atoms with Crippen molar-refractivity contribution in [3.63, 3.8) is 0 Å². The number of aliphatic carboxylic acids is 1. The van der Waals surface area contributed by atoms with E-state index in [-0.39, 0.29) is 28.0 Å². The number of amides is 2. The van der Waals surface area contributed by atoms with Crippen molar-refractivity contribution < 1.29 is 29.1 Å². The lowest BCUT2D eigenvalue weighted by atomic mass is 9.86. The van der Waals surface area contributed by atoms with Crippen LogP contribution < -0.4 is 11.1 Å². The summed E-state index contributed by atoms with van der Waals surface area (Å²) in [7, 11) is 0. The van der Waals surface area contributed by atoms with Crippen LogP contribution in [0.4, 0.5) is 9.52 Å². The molecule has 1 fully saturated rings. The number of carboxylic acids is 1. The fourth-order valence-electron chi connectivity index (χ4n) is 3.44. The number of nitrogens with zero attached hydrogens (tertiary/aromatic N) is 5. The van der Waals surface area contributed by atoms with Crippen LogP contribution in [0.5, 0.6) is 0 Å². The van der Waals surface area contributed by atoms with Crippen molar-refractivity contribution in [3.8, 4) is 0 Å². The summed E-state index contributed by atoms with van der Waals surface area (Å²) >= 11 is 1.71. The summed E-state index contributed by atoms with van der Waals surface area (Å²) in [6.07, 6.45) is 2.97. The Hall–Kier alpha value is -3.59. The molecule has 2 amide bonds. The summed E-state index contributed by atoms with van der Waals surface area (Å²) in [6.45, 7) is 0. The van der Waals surface area contributed by atoms with Crippen LogP contribution in [0, 0.1) is 5.82 Å². The third-order valence-electron chi connectivity index (χ3n) is 4.82. The molecule has 0 aliphatic carbocycles. The summed E-state index contributed by atoms with van der Waals surface area (Å²) in [6, 6.07) is -0.250. The second-order valence-corrected chi connectivity index (χ2v) is 8.58. The van der Waals surface area contributed by atoms with Gasteiger partial charge in [-0.3, -0.25) is 19.5 Å². The van der Waals surface area contributed by atoms with Gasteiger partial charge in [0.2, 0.25) is 11.5 Å². The molecule has 2 aromatic heterocycles. The number of halogens is 1. The molecule has 2 atom stereocenters. The fraction of sp³-hybridized carbons (Fsp3) is 0.235. The number of hydrogen-bond acceptors (Lipinski definition) is 11. The third kappa shape index (κ3) is 3.75. The molecule has 5 N–H and O–H groups in total. The van der Waals surface area contributed by atoms with Gasteiger partial charge < -0.3 is 21.4 Å². The van der Waals surface area contributed by atoms with E-state index in [1.807, 2.05) is 0 Å². The maximum atomic E-state index is 14.0. The number of pyridine rings is 1. The minimum Gasteiger partial charge on any atom is -0.477 e. The Balaban J connectivity index is 1.54. The summed E-state index contributed by atoms with van der Waals surface area (Å²) in [4.78, 5) is 46.1. The highest BCUT2D eigenvalue weighted by Crippen LogP contribution is 2.43. The fourth-order valence-corrected chi connectivity index (χ4v) is 4.92. The van der Waals surface area contributed by atoms with E-state index in [1.54, 1.807) is 0 Å². The molecular formula is C17H14FN7O5S2. The molecule has 0 radical (unpaired) electrons. The van der Waals surface area contributed by atoms with Crippen LogP contribution in [0.3, 0.4) is 0 Å². The van der Waals surface area contributed by atoms with Crippen molar-refractivity contribution in [2.45, 2.75) is 29.8 Å². The van der Waals surface area contributed by atoms with Gasteiger partial charge in [0.1, 0.15) is 11.7 Å². The standard InChI is InChI=1S/C17H14FN7O5S2/c18-6-5-20-4-3-8(6)31-9-2-1-7-10(15(27)25(7)12(9)16(28)29)21-14(26)11(23-30)13-22-17(19)32-24-13/h3-5,7,10,30H,1-2H2,(H,21,26)(H,28,29)(H2,19,22,24)/b23-11-/t7-,10+/m1/s1. The molecule has 15 heteroatoms. The van der Waals surface area contributed by atoms with Gasteiger partial charge >= 0.3 is 5.97 Å². The number of anilines is 1. The first-order valence-corrected chi connectivity index (χ1v) is 10.6. The highest BCUT2D eigenvalue weighted by Gasteiger charge is 2.54. The quantitative estimate of drug-likeness (QED) is 0.196. The Kier molecular flexibility index (Phi) is 5.75. The lowest BCUT2D eigenvalue weighted by molar-refractivity contribution is -0.155. The van der Waals surface area contributed by atoms with E-state index < -0.39 is 41.4 Å². The zero-order chi connectivity index (χ0) is 23.0. The summed E-state index contributed by atoms with van der Waals surface area (Å²) < 4.78 is 17.8. The molecule has 2 aromatic rings. The maximum Gasteiger partial charge on any atom is 0.353 e. The number of thioether (sulfide) groups is 1. The van der Waals surface area contributed by atoms with Crippen LogP contribution in [0.25, 0.3) is 0 Å². The van der Waals surface area contributed by atoms with Crippen LogP contribution >= 0.6 is 23.3 Å². The number of allylic oxidation sites excluding steroid dienone is 1. The molecule has 2 aliphatic rings. The van der Waals surface area contributed by atoms with Gasteiger partial charge in [0, 0.05) is 22.6 Å². The summed E-state index contributed by atoms with van der Waals surface area (Å²) in [5.41, 5.74) is 4.68. The van der Waals surface area contributed by atoms with E-state index in [0.29, 0.717) is 11.3 Å². The number of aromatic nitrogens is 3. The molecule has 32 heavy (non-hydrogen) atoms. The number of nitrogens with two attached hydrogens (primary N) is 1. The highest BCUT2D eigenvalue weighted by atomic mass is 32.2. The van der Waals surface area contributed by atoms with Gasteiger partial charge in [0.05, 0.1) is 17.1 Å². The first-order valence-electron chi connectivity index (χ1n) is 9.01. The Labute approximate surface area is 187 Å². The summed E-state index contributed by atoms with van der Waals surface area (Å²) in [5, 5.41) is 24.2. The smallest absolute Gasteiger partial charge is 0.353 e. The Morgan fingerprint density at radius 1 is 1.44 bits per heavy atom. The van der Waals surface area contributed by atoms with E-state index in [0.717, 1.165) is 34.4 Å². The Morgan fingerprint density at radius 2 is 2.22 bits per heavy atom. The number of carbonyl (C=O) groups excluding carboxylic acids is 2. The minimum atomic E-state index is -1.34. The molecule has 4 rings (SSSR count). The van der Waals surface area contributed by atoms with E-state index in [9.17, 15) is 23.9 Å². The molecule has 0 saturated carbocycles. The first kappa shape index (κ1) is 21.6. The molecule has 12 nitrogen and oxygen atoms in total. The van der Waals surface area contributed by atoms with E-state index >= 15 is 0 Å². The molecule has 166 valence electrons. The van der Waals surface area contributed by atoms with Crippen molar-refractivity contribution in [2.24, 2.45) is 5.16 Å². The third-order valence-corrected chi connectivity index (χ3v) is 6.56. The molecular weight excluding hydrogens is 465 g/mol. The largest absolute Gasteiger partial charge is 0.477 e. The minimum absolute atomic E-state index is 0.0547. The predicted octanol–water partition coefficient (Wildman–Crippen LogP) is 0.411. The second-order valence-electron chi connectivity index (χ2n) is 6.66. The summed E-state index contributed by atoms with van der Waals surface area (Å²) in [5.74, 6) is -3.72. The van der Waals surface area contributed by atoms with E-state index in [4.69, 9.17) is 10.9 Å². The SMILES string of the molecule is Nc1nc(/C(=N/O)C(=O)N[C@@H]2C(=O)N3C(C(=O)O)=C(Sc4ccncc4F)CC[C@H]23)ns1. The number of fused-ring (bicyclic) bond motifs is 1. The number of β-lactam (4-membered cyclic amide) rings is 1. The monoisotopic (exact) mass is 479 g/mol. The van der Waals surface area contributed by atoms with Gasteiger partial charge in [-0.1, -0.05) is 16.9 Å². The van der Waals surface area contributed by atoms with Crippen molar-refractivity contribution in [2.75, 3.05) is 5.73 Å². The van der Waals surface area contributed by atoms with Crippen molar-refractivity contribution >= 4 is 51.9 Å². The van der Waals surface area contributed by atoms with Crippen molar-refractivity contribution in [1.82, 2.24) is 24.6 Å². The Bertz CT molecular complexity index is 1180. The average Bonchev–Trinajstić information content (AvgIpc) is 3.19. The van der Waals surface area contributed by atoms with Gasteiger partial charge in [-0.05, 0) is 18.9 Å². The van der Waals surface area contributed by atoms with Gasteiger partial charge in [-0.25, -0.2) is 9.18 Å². The van der Waals surface area contributed by atoms with Gasteiger partial charge in [-0.2, -0.15) is 9.36 Å². The van der Waals surface area contributed by atoms with Crippen LogP contribution in [0.1, 0.15) is 18.7 Å². The zero-order valence-electron chi connectivity index (χ0n) is 15.9. The Morgan fingerprint density at radius 3 is 2.84 bits per heavy atom. The average molecular weight is 479 g/mol. The van der Waals surface area contributed by atoms with Gasteiger partial charge in [0.15, 0.2) is 10.9 Å². The number of rotatable bonds is 6. The van der Waals surface area contributed by atoms with Crippen LogP contribution in [0.2, 0.25) is 0 Å². The van der Waals surface area contributed by atoms with Crippen molar-refractivity contribution in [1.29, 1.82) is 0 Å². The van der Waals surface area contributed by atoms with E-state index in [1.165, 1.54) is 12.3 Å². The van der Waals surface area contributed by atoms with E-state index in [2.05, 4.69) is 24.8 Å². The predicted molar refractivity (Wildman–Crippen MR) is 109 cm³/mol. The number of carbonyl (C=O) groups is 3. The number of carboxylic acid groups (broad SMARTS) is 1. The van der Waals surface area contributed by atoms with Gasteiger partial charge in [0.25, 0.3) is 11.8 Å². The molecule has 4 heterocycles. The van der Waals surface area contributed by atoms with Gasteiger partial charge in [-0.15, -0.1) is 0 Å². The normalized spacial score (nSPS) is 20.6. The number of nitrogens with one attached hydrogen (secondary N) is 1. The van der Waals surface area contributed by atoms with Crippen LogP contribution in [-0.2, 0) is 14.4 Å². The zero-order valence-corrected chi connectivity index (χ0v) is 17.6. The lowest BCUT2D eigenvalue weighted by Gasteiger charge is -2.50. The first-order chi connectivity index (χ1) is 15.3. The molecule has 0 aromatic carbocycles. The lowest BCUT2D eigenvalue weighted by Crippen LogP contribution is -2.72. The molecule has 0 bridgehead atoms. The topological polar surface area (TPSA) is 184 Å². The van der Waals surface area contributed by atoms with Crippen LogP contribution in [0.15, 0.2) is 39.1 Å². The molecule has 1 saturated heterocycles. The number of oxime groups is 1.